The fraction of sp³-hybridized carbons (Fsp3) is 0.682. The molecule has 4 atom stereocenters. The van der Waals surface area contributed by atoms with Gasteiger partial charge in [-0.2, -0.15) is 0 Å². The molecular formula is C22H30ClNO2. The zero-order valence-corrected chi connectivity index (χ0v) is 16.4. The lowest BCUT2D eigenvalue weighted by Crippen LogP contribution is -2.64. The van der Waals surface area contributed by atoms with E-state index in [0.717, 1.165) is 38.1 Å². The van der Waals surface area contributed by atoms with E-state index < -0.39 is 0 Å². The van der Waals surface area contributed by atoms with Crippen LogP contribution < -0.4 is 0 Å². The molecule has 0 aromatic heterocycles. The Labute approximate surface area is 162 Å². The van der Waals surface area contributed by atoms with Crippen molar-refractivity contribution in [3.8, 4) is 5.75 Å². The molecule has 1 aromatic rings. The van der Waals surface area contributed by atoms with Crippen molar-refractivity contribution in [1.29, 1.82) is 0 Å². The molecule has 1 aromatic carbocycles. The average Bonchev–Trinajstić information content (AvgIpc) is 3.41. The highest BCUT2D eigenvalue weighted by Gasteiger charge is 2.58. The number of carbonyl (C=O) groups is 1. The highest BCUT2D eigenvalue weighted by molar-refractivity contribution is 5.85. The molecule has 3 unspecified atom stereocenters. The molecule has 2 bridgehead atoms. The highest BCUT2D eigenvalue weighted by Crippen LogP contribution is 2.58. The summed E-state index contributed by atoms with van der Waals surface area (Å²) in [5.41, 5.74) is 2.66. The maximum absolute atomic E-state index is 12.7. The van der Waals surface area contributed by atoms with Crippen LogP contribution in [0.25, 0.3) is 0 Å². The van der Waals surface area contributed by atoms with Crippen molar-refractivity contribution in [2.75, 3.05) is 13.1 Å². The molecule has 1 heterocycles. The number of halogens is 1. The monoisotopic (exact) mass is 375 g/mol. The molecule has 1 saturated heterocycles. The van der Waals surface area contributed by atoms with Gasteiger partial charge >= 0.3 is 0 Å². The Morgan fingerprint density at radius 3 is 2.81 bits per heavy atom. The van der Waals surface area contributed by atoms with Crippen LogP contribution in [0.5, 0.6) is 5.75 Å². The van der Waals surface area contributed by atoms with E-state index in [-0.39, 0.29) is 17.8 Å². The van der Waals surface area contributed by atoms with E-state index >= 15 is 0 Å². The van der Waals surface area contributed by atoms with Gasteiger partial charge in [-0.05, 0) is 73.2 Å². The van der Waals surface area contributed by atoms with Crippen molar-refractivity contribution in [2.24, 2.45) is 17.8 Å². The molecule has 26 heavy (non-hydrogen) atoms. The molecule has 0 spiro atoms. The van der Waals surface area contributed by atoms with Crippen LogP contribution in [0.1, 0.15) is 56.6 Å². The molecule has 3 nitrogen and oxygen atoms in total. The van der Waals surface area contributed by atoms with E-state index in [2.05, 4.69) is 17.9 Å². The highest BCUT2D eigenvalue weighted by atomic mass is 35.5. The van der Waals surface area contributed by atoms with E-state index in [1.807, 2.05) is 12.1 Å². The topological polar surface area (TPSA) is 40.5 Å². The van der Waals surface area contributed by atoms with E-state index in [1.54, 1.807) is 0 Å². The lowest BCUT2D eigenvalue weighted by atomic mass is 9.49. The summed E-state index contributed by atoms with van der Waals surface area (Å²) in [7, 11) is 0. The molecule has 0 amide bonds. The molecule has 142 valence electrons. The van der Waals surface area contributed by atoms with Gasteiger partial charge in [-0.15, -0.1) is 12.4 Å². The lowest BCUT2D eigenvalue weighted by Gasteiger charge is -2.61. The fourth-order valence-electron chi connectivity index (χ4n) is 6.44. The van der Waals surface area contributed by atoms with Gasteiger partial charge in [0, 0.05) is 30.8 Å². The summed E-state index contributed by atoms with van der Waals surface area (Å²) in [5, 5.41) is 10.1. The Hall–Kier alpha value is -1.06. The van der Waals surface area contributed by atoms with Gasteiger partial charge in [0.05, 0.1) is 0 Å². The number of fused-ring (bicyclic) bond motifs is 1. The van der Waals surface area contributed by atoms with E-state index in [9.17, 15) is 9.90 Å². The number of hydrogen-bond donors (Lipinski definition) is 1. The molecule has 4 aliphatic rings. The standard InChI is InChI=1S/C22H29NO2.ClH/c1-2-15-9-18(25)12-22-7-8-23(13-14-3-4-14)20(21(15)22)10-16-5-6-17(24)11-19(16)22;/h5-6,11,14-15,20-21,24H,2-4,7-10,12-13H2,1H3;1H/t15-,20?,21?,22?;/m0./s1. The van der Waals surface area contributed by atoms with Gasteiger partial charge < -0.3 is 5.11 Å². The number of aromatic hydroxyl groups is 1. The summed E-state index contributed by atoms with van der Waals surface area (Å²) >= 11 is 0. The Morgan fingerprint density at radius 2 is 2.08 bits per heavy atom. The van der Waals surface area contributed by atoms with Crippen LogP contribution in [-0.4, -0.2) is 34.9 Å². The number of carbonyl (C=O) groups excluding carboxylic acids is 1. The second kappa shape index (κ2) is 6.53. The minimum atomic E-state index is -0.0208. The Kier molecular flexibility index (Phi) is 4.60. The molecule has 1 N–H and O–H groups in total. The molecule has 0 radical (unpaired) electrons. The van der Waals surface area contributed by atoms with Crippen LogP contribution in [0.3, 0.4) is 0 Å². The number of Topliss-reactive ketones (excluding diaryl/α,β-unsaturated/α-hetero) is 1. The van der Waals surface area contributed by atoms with Crippen molar-refractivity contribution >= 4 is 18.2 Å². The van der Waals surface area contributed by atoms with Gasteiger partial charge in [0.1, 0.15) is 11.5 Å². The minimum absolute atomic E-state index is 0. The lowest BCUT2D eigenvalue weighted by molar-refractivity contribution is -0.132. The molecule has 3 aliphatic carbocycles. The summed E-state index contributed by atoms with van der Waals surface area (Å²) < 4.78 is 0. The van der Waals surface area contributed by atoms with Crippen molar-refractivity contribution in [2.45, 2.75) is 63.3 Å². The third-order valence-electron chi connectivity index (χ3n) is 7.65. The van der Waals surface area contributed by atoms with Crippen molar-refractivity contribution in [3.05, 3.63) is 29.3 Å². The Bertz CT molecular complexity index is 716. The number of ketones is 1. The molecule has 1 aliphatic heterocycles. The average molecular weight is 376 g/mol. The first kappa shape index (κ1) is 18.3. The van der Waals surface area contributed by atoms with Crippen LogP contribution in [0.4, 0.5) is 0 Å². The molecule has 3 fully saturated rings. The SMILES string of the molecule is CC[C@H]1CC(=O)CC23CCN(CC4CC4)C(Cc4ccc(O)cc42)C13.Cl. The number of piperidine rings is 1. The van der Waals surface area contributed by atoms with Crippen LogP contribution in [-0.2, 0) is 16.6 Å². The summed E-state index contributed by atoms with van der Waals surface area (Å²) in [6, 6.07) is 6.53. The van der Waals surface area contributed by atoms with Gasteiger partial charge in [-0.1, -0.05) is 19.4 Å². The summed E-state index contributed by atoms with van der Waals surface area (Å²) in [4.78, 5) is 15.4. The van der Waals surface area contributed by atoms with Crippen molar-refractivity contribution in [1.82, 2.24) is 4.90 Å². The van der Waals surface area contributed by atoms with E-state index in [0.29, 0.717) is 35.8 Å². The minimum Gasteiger partial charge on any atom is -0.508 e. The summed E-state index contributed by atoms with van der Waals surface area (Å²) in [6.45, 7) is 4.64. The fourth-order valence-corrected chi connectivity index (χ4v) is 6.44. The number of phenolic OH excluding ortho intramolecular Hbond substituents is 1. The second-order valence-corrected chi connectivity index (χ2v) is 9.07. The van der Waals surface area contributed by atoms with Crippen LogP contribution in [0.2, 0.25) is 0 Å². The number of benzene rings is 1. The van der Waals surface area contributed by atoms with E-state index in [4.69, 9.17) is 0 Å². The van der Waals surface area contributed by atoms with Crippen LogP contribution in [0, 0.1) is 17.8 Å². The summed E-state index contributed by atoms with van der Waals surface area (Å²) in [5.74, 6) is 2.80. The van der Waals surface area contributed by atoms with Crippen LogP contribution >= 0.6 is 12.4 Å². The number of rotatable bonds is 3. The quantitative estimate of drug-likeness (QED) is 0.864. The number of likely N-dealkylation sites (tertiary alicyclic amines) is 1. The predicted molar refractivity (Wildman–Crippen MR) is 105 cm³/mol. The maximum atomic E-state index is 12.7. The van der Waals surface area contributed by atoms with Gasteiger partial charge in [0.15, 0.2) is 0 Å². The van der Waals surface area contributed by atoms with Gasteiger partial charge in [0.2, 0.25) is 0 Å². The third kappa shape index (κ3) is 2.70. The zero-order chi connectivity index (χ0) is 17.2. The summed E-state index contributed by atoms with van der Waals surface area (Å²) in [6.07, 6.45) is 7.54. The normalized spacial score (nSPS) is 36.0. The van der Waals surface area contributed by atoms with Gasteiger partial charge in [0.25, 0.3) is 0 Å². The molecule has 2 saturated carbocycles. The first-order valence-corrected chi connectivity index (χ1v) is 10.2. The number of hydrogen-bond acceptors (Lipinski definition) is 3. The Balaban J connectivity index is 0.00000168. The first-order chi connectivity index (χ1) is 12.1. The first-order valence-electron chi connectivity index (χ1n) is 10.2. The second-order valence-electron chi connectivity index (χ2n) is 9.07. The van der Waals surface area contributed by atoms with Crippen LogP contribution in [0.15, 0.2) is 18.2 Å². The number of phenols is 1. The molecule has 4 heteroatoms. The maximum Gasteiger partial charge on any atom is 0.134 e. The number of nitrogens with zero attached hydrogens (tertiary/aromatic N) is 1. The van der Waals surface area contributed by atoms with Crippen molar-refractivity contribution in [3.63, 3.8) is 0 Å². The third-order valence-corrected chi connectivity index (χ3v) is 7.65. The van der Waals surface area contributed by atoms with Gasteiger partial charge in [-0.25, -0.2) is 0 Å². The van der Waals surface area contributed by atoms with Gasteiger partial charge in [-0.3, -0.25) is 9.69 Å². The smallest absolute Gasteiger partial charge is 0.134 e. The zero-order valence-electron chi connectivity index (χ0n) is 15.6. The van der Waals surface area contributed by atoms with Crippen molar-refractivity contribution < 1.29 is 9.90 Å². The Morgan fingerprint density at radius 1 is 1.27 bits per heavy atom. The molecule has 5 rings (SSSR count). The molecular weight excluding hydrogens is 346 g/mol. The largest absolute Gasteiger partial charge is 0.508 e. The predicted octanol–water partition coefficient (Wildman–Crippen LogP) is 4.10. The van der Waals surface area contributed by atoms with E-state index in [1.165, 1.54) is 30.5 Å².